The molecule has 0 radical (unpaired) electrons. The Hall–Kier alpha value is -2.39. The van der Waals surface area contributed by atoms with Gasteiger partial charge in [-0.25, -0.2) is 4.79 Å². The number of carbonyl (C=O) groups excluding carboxylic acids is 1. The third-order valence-electron chi connectivity index (χ3n) is 3.32. The van der Waals surface area contributed by atoms with Gasteiger partial charge in [0.1, 0.15) is 4.88 Å². The van der Waals surface area contributed by atoms with Crippen molar-refractivity contribution in [3.05, 3.63) is 70.9 Å². The molecule has 2 aromatic carbocycles. The molecule has 0 saturated heterocycles. The number of rotatable bonds is 3. The van der Waals surface area contributed by atoms with E-state index in [0.29, 0.717) is 4.88 Å². The number of esters is 1. The summed E-state index contributed by atoms with van der Waals surface area (Å²) >= 11 is 1.40. The second-order valence-corrected chi connectivity index (χ2v) is 5.52. The van der Waals surface area contributed by atoms with Crippen molar-refractivity contribution in [2.75, 3.05) is 7.11 Å². The van der Waals surface area contributed by atoms with Gasteiger partial charge in [0.2, 0.25) is 0 Å². The van der Waals surface area contributed by atoms with Crippen molar-refractivity contribution in [3.63, 3.8) is 0 Å². The second-order valence-electron chi connectivity index (χ2n) is 4.60. The van der Waals surface area contributed by atoms with Gasteiger partial charge in [-0.3, -0.25) is 0 Å². The lowest BCUT2D eigenvalue weighted by Gasteiger charge is -2.06. The van der Waals surface area contributed by atoms with Crippen LogP contribution in [-0.2, 0) is 4.74 Å². The summed E-state index contributed by atoms with van der Waals surface area (Å²) in [5.74, 6) is -0.287. The Morgan fingerprint density at radius 2 is 1.62 bits per heavy atom. The summed E-state index contributed by atoms with van der Waals surface area (Å²) < 4.78 is 4.84. The molecule has 1 aromatic heterocycles. The number of ether oxygens (including phenoxy) is 1. The normalized spacial score (nSPS) is 10.3. The van der Waals surface area contributed by atoms with Gasteiger partial charge in [-0.15, -0.1) is 11.3 Å². The fourth-order valence-electron chi connectivity index (χ4n) is 2.28. The van der Waals surface area contributed by atoms with Crippen LogP contribution in [0.5, 0.6) is 0 Å². The molecule has 3 aromatic rings. The highest BCUT2D eigenvalue weighted by Crippen LogP contribution is 2.31. The minimum absolute atomic E-state index is 0.287. The highest BCUT2D eigenvalue weighted by atomic mass is 32.1. The maximum atomic E-state index is 11.8. The third kappa shape index (κ3) is 2.73. The molecule has 104 valence electrons. The molecule has 3 heteroatoms. The lowest BCUT2D eigenvalue weighted by molar-refractivity contribution is 0.0607. The predicted octanol–water partition coefficient (Wildman–Crippen LogP) is 4.87. The molecule has 0 spiro atoms. The van der Waals surface area contributed by atoms with Crippen LogP contribution in [0.1, 0.15) is 9.67 Å². The quantitative estimate of drug-likeness (QED) is 0.644. The molecular formula is C18H14O2S. The Kier molecular flexibility index (Phi) is 3.84. The minimum Gasteiger partial charge on any atom is -0.465 e. The monoisotopic (exact) mass is 294 g/mol. The van der Waals surface area contributed by atoms with E-state index in [1.807, 2.05) is 41.8 Å². The average molecular weight is 294 g/mol. The molecule has 0 unspecified atom stereocenters. The van der Waals surface area contributed by atoms with Crippen LogP contribution in [0, 0.1) is 0 Å². The number of hydrogen-bond donors (Lipinski definition) is 0. The molecule has 1 heterocycles. The number of hydrogen-bond acceptors (Lipinski definition) is 3. The molecule has 21 heavy (non-hydrogen) atoms. The molecule has 0 atom stereocenters. The van der Waals surface area contributed by atoms with E-state index in [2.05, 4.69) is 24.3 Å². The van der Waals surface area contributed by atoms with Crippen molar-refractivity contribution in [1.29, 1.82) is 0 Å². The van der Waals surface area contributed by atoms with E-state index in [0.717, 1.165) is 22.3 Å². The van der Waals surface area contributed by atoms with Crippen LogP contribution >= 0.6 is 11.3 Å². The smallest absolute Gasteiger partial charge is 0.348 e. The number of thiophene rings is 1. The van der Waals surface area contributed by atoms with Crippen LogP contribution < -0.4 is 0 Å². The zero-order valence-electron chi connectivity index (χ0n) is 11.6. The maximum absolute atomic E-state index is 11.8. The standard InChI is InChI=1S/C18H14O2S/c1-20-18(19)17-16(10-11-21-17)15-9-5-8-14(12-15)13-6-3-2-4-7-13/h2-12H,1H3. The van der Waals surface area contributed by atoms with E-state index in [1.54, 1.807) is 0 Å². The van der Waals surface area contributed by atoms with E-state index >= 15 is 0 Å². The van der Waals surface area contributed by atoms with Gasteiger partial charge in [0, 0.05) is 5.56 Å². The Morgan fingerprint density at radius 3 is 2.38 bits per heavy atom. The van der Waals surface area contributed by atoms with Gasteiger partial charge in [0.05, 0.1) is 7.11 Å². The molecule has 0 aliphatic carbocycles. The summed E-state index contributed by atoms with van der Waals surface area (Å²) in [6, 6.07) is 20.4. The molecule has 0 aliphatic heterocycles. The van der Waals surface area contributed by atoms with Crippen molar-refractivity contribution < 1.29 is 9.53 Å². The van der Waals surface area contributed by atoms with Gasteiger partial charge in [0.15, 0.2) is 0 Å². The molecule has 0 amide bonds. The SMILES string of the molecule is COC(=O)c1sccc1-c1cccc(-c2ccccc2)c1. The van der Waals surface area contributed by atoms with Crippen LogP contribution in [0.2, 0.25) is 0 Å². The molecule has 0 N–H and O–H groups in total. The Balaban J connectivity index is 2.05. The fraction of sp³-hybridized carbons (Fsp3) is 0.0556. The van der Waals surface area contributed by atoms with Gasteiger partial charge in [-0.1, -0.05) is 48.5 Å². The molecule has 2 nitrogen and oxygen atoms in total. The van der Waals surface area contributed by atoms with Crippen LogP contribution in [-0.4, -0.2) is 13.1 Å². The van der Waals surface area contributed by atoms with Crippen molar-refractivity contribution in [1.82, 2.24) is 0 Å². The summed E-state index contributed by atoms with van der Waals surface area (Å²) in [7, 11) is 1.41. The van der Waals surface area contributed by atoms with Gasteiger partial charge in [0.25, 0.3) is 0 Å². The highest BCUT2D eigenvalue weighted by molar-refractivity contribution is 7.12. The van der Waals surface area contributed by atoms with E-state index in [1.165, 1.54) is 18.4 Å². The van der Waals surface area contributed by atoms with Crippen molar-refractivity contribution >= 4 is 17.3 Å². The Bertz CT molecular complexity index is 760. The van der Waals surface area contributed by atoms with E-state index in [4.69, 9.17) is 4.74 Å². The summed E-state index contributed by atoms with van der Waals surface area (Å²) in [6.45, 7) is 0. The van der Waals surface area contributed by atoms with Crippen LogP contribution in [0.15, 0.2) is 66.0 Å². The maximum Gasteiger partial charge on any atom is 0.348 e. The van der Waals surface area contributed by atoms with E-state index in [-0.39, 0.29) is 5.97 Å². The third-order valence-corrected chi connectivity index (χ3v) is 4.21. The molecule has 0 fully saturated rings. The lowest BCUT2D eigenvalue weighted by atomic mass is 9.99. The minimum atomic E-state index is -0.287. The van der Waals surface area contributed by atoms with Crippen molar-refractivity contribution in [3.8, 4) is 22.3 Å². The molecule has 0 saturated carbocycles. The summed E-state index contributed by atoms with van der Waals surface area (Å²) in [6.07, 6.45) is 0. The largest absolute Gasteiger partial charge is 0.465 e. The molecule has 0 bridgehead atoms. The summed E-state index contributed by atoms with van der Waals surface area (Å²) in [4.78, 5) is 12.5. The van der Waals surface area contributed by atoms with Gasteiger partial charge >= 0.3 is 5.97 Å². The van der Waals surface area contributed by atoms with E-state index < -0.39 is 0 Å². The first-order valence-corrected chi connectivity index (χ1v) is 7.49. The van der Waals surface area contributed by atoms with Crippen molar-refractivity contribution in [2.24, 2.45) is 0 Å². The van der Waals surface area contributed by atoms with E-state index in [9.17, 15) is 4.79 Å². The first-order valence-electron chi connectivity index (χ1n) is 6.61. The van der Waals surface area contributed by atoms with Gasteiger partial charge in [-0.2, -0.15) is 0 Å². The van der Waals surface area contributed by atoms with Gasteiger partial charge in [-0.05, 0) is 34.2 Å². The highest BCUT2D eigenvalue weighted by Gasteiger charge is 2.15. The zero-order valence-corrected chi connectivity index (χ0v) is 12.4. The summed E-state index contributed by atoms with van der Waals surface area (Å²) in [5, 5.41) is 1.91. The molecule has 3 rings (SSSR count). The Labute approximate surface area is 127 Å². The van der Waals surface area contributed by atoms with Crippen LogP contribution in [0.3, 0.4) is 0 Å². The number of carbonyl (C=O) groups is 1. The Morgan fingerprint density at radius 1 is 0.905 bits per heavy atom. The van der Waals surface area contributed by atoms with Crippen LogP contribution in [0.4, 0.5) is 0 Å². The first kappa shape index (κ1) is 13.6. The lowest BCUT2D eigenvalue weighted by Crippen LogP contribution is -1.99. The second kappa shape index (κ2) is 5.94. The fourth-order valence-corrected chi connectivity index (χ4v) is 3.12. The molecular weight excluding hydrogens is 280 g/mol. The topological polar surface area (TPSA) is 26.3 Å². The number of benzene rings is 2. The zero-order chi connectivity index (χ0) is 14.7. The van der Waals surface area contributed by atoms with Crippen LogP contribution in [0.25, 0.3) is 22.3 Å². The number of methoxy groups -OCH3 is 1. The molecule has 0 aliphatic rings. The summed E-state index contributed by atoms with van der Waals surface area (Å²) in [5.41, 5.74) is 4.24. The first-order chi connectivity index (χ1) is 10.3. The van der Waals surface area contributed by atoms with Crippen molar-refractivity contribution in [2.45, 2.75) is 0 Å². The predicted molar refractivity (Wildman–Crippen MR) is 86.5 cm³/mol. The average Bonchev–Trinajstić information content (AvgIpc) is 3.05. The van der Waals surface area contributed by atoms with Gasteiger partial charge < -0.3 is 4.74 Å².